The van der Waals surface area contributed by atoms with E-state index in [4.69, 9.17) is 16.3 Å². The van der Waals surface area contributed by atoms with Gasteiger partial charge in [-0.05, 0) is 49.9 Å². The molecule has 0 amide bonds. The summed E-state index contributed by atoms with van der Waals surface area (Å²) in [5.41, 5.74) is 2.42. The molecule has 2 aromatic rings. The summed E-state index contributed by atoms with van der Waals surface area (Å²) in [6.45, 7) is 4.54. The Balaban J connectivity index is 2.07. The van der Waals surface area contributed by atoms with Crippen LogP contribution in [-0.2, 0) is 6.42 Å². The second kappa shape index (κ2) is 5.85. The highest BCUT2D eigenvalue weighted by molar-refractivity contribution is 6.28. The standard InChI is InChI=1S/C15H17ClN4O/c1-3-21-15-18-13(16)17-14(19-15)20-10(2)8-9-11-6-4-5-7-12(11)20/h4-7,10H,3,8-9H2,1-2H3. The number of anilines is 2. The molecule has 0 aliphatic carbocycles. The molecule has 0 radical (unpaired) electrons. The summed E-state index contributed by atoms with van der Waals surface area (Å²) in [5, 5.41) is 0.152. The minimum absolute atomic E-state index is 0.152. The second-order valence-electron chi connectivity index (χ2n) is 5.01. The summed E-state index contributed by atoms with van der Waals surface area (Å²) >= 11 is 6.01. The lowest BCUT2D eigenvalue weighted by molar-refractivity contribution is 0.311. The van der Waals surface area contributed by atoms with Crippen molar-refractivity contribution in [2.24, 2.45) is 0 Å². The van der Waals surface area contributed by atoms with Crippen LogP contribution in [0.1, 0.15) is 25.8 Å². The van der Waals surface area contributed by atoms with Gasteiger partial charge in [0.25, 0.3) is 0 Å². The van der Waals surface area contributed by atoms with Gasteiger partial charge in [-0.1, -0.05) is 18.2 Å². The van der Waals surface area contributed by atoms with E-state index in [0.29, 0.717) is 18.6 Å². The smallest absolute Gasteiger partial charge is 0.322 e. The van der Waals surface area contributed by atoms with Crippen LogP contribution in [0, 0.1) is 0 Å². The third kappa shape index (κ3) is 2.78. The number of hydrogen-bond acceptors (Lipinski definition) is 5. The number of para-hydroxylation sites is 1. The van der Waals surface area contributed by atoms with Crippen LogP contribution in [0.2, 0.25) is 5.28 Å². The first-order chi connectivity index (χ1) is 10.2. The van der Waals surface area contributed by atoms with E-state index < -0.39 is 0 Å². The first-order valence-corrected chi connectivity index (χ1v) is 7.48. The van der Waals surface area contributed by atoms with Crippen molar-refractivity contribution in [3.8, 4) is 6.01 Å². The fourth-order valence-electron chi connectivity index (χ4n) is 2.62. The molecule has 6 heteroatoms. The number of aromatic nitrogens is 3. The molecule has 0 N–H and O–H groups in total. The van der Waals surface area contributed by atoms with Gasteiger partial charge in [-0.2, -0.15) is 15.0 Å². The molecule has 2 heterocycles. The number of fused-ring (bicyclic) bond motifs is 1. The lowest BCUT2D eigenvalue weighted by Crippen LogP contribution is -2.34. The van der Waals surface area contributed by atoms with Crippen molar-refractivity contribution in [3.05, 3.63) is 35.1 Å². The summed E-state index contributed by atoms with van der Waals surface area (Å²) in [7, 11) is 0. The van der Waals surface area contributed by atoms with Crippen molar-refractivity contribution in [3.63, 3.8) is 0 Å². The maximum Gasteiger partial charge on any atom is 0.322 e. The first kappa shape index (κ1) is 14.1. The molecule has 0 bridgehead atoms. The molecule has 5 nitrogen and oxygen atoms in total. The van der Waals surface area contributed by atoms with Crippen molar-refractivity contribution in [1.82, 2.24) is 15.0 Å². The Morgan fingerprint density at radius 1 is 1.29 bits per heavy atom. The lowest BCUT2D eigenvalue weighted by atomic mass is 9.97. The van der Waals surface area contributed by atoms with E-state index in [9.17, 15) is 0 Å². The van der Waals surface area contributed by atoms with Crippen molar-refractivity contribution in [2.75, 3.05) is 11.5 Å². The number of nitrogens with zero attached hydrogens (tertiary/aromatic N) is 4. The Morgan fingerprint density at radius 2 is 2.10 bits per heavy atom. The summed E-state index contributed by atoms with van der Waals surface area (Å²) in [6.07, 6.45) is 2.11. The van der Waals surface area contributed by atoms with Gasteiger partial charge in [0.1, 0.15) is 0 Å². The third-order valence-corrected chi connectivity index (χ3v) is 3.76. The lowest BCUT2D eigenvalue weighted by Gasteiger charge is -2.35. The zero-order chi connectivity index (χ0) is 14.8. The van der Waals surface area contributed by atoms with E-state index in [1.165, 1.54) is 5.56 Å². The Morgan fingerprint density at radius 3 is 2.90 bits per heavy atom. The summed E-state index contributed by atoms with van der Waals surface area (Å²) < 4.78 is 5.37. The second-order valence-corrected chi connectivity index (χ2v) is 5.34. The molecule has 0 saturated heterocycles. The van der Waals surface area contributed by atoms with E-state index in [1.54, 1.807) is 0 Å². The molecule has 0 spiro atoms. The Kier molecular flexibility index (Phi) is 3.92. The van der Waals surface area contributed by atoms with Crippen LogP contribution in [0.3, 0.4) is 0 Å². The molecule has 1 aromatic carbocycles. The van der Waals surface area contributed by atoms with Crippen molar-refractivity contribution in [2.45, 2.75) is 32.7 Å². The van der Waals surface area contributed by atoms with Gasteiger partial charge >= 0.3 is 6.01 Å². The highest BCUT2D eigenvalue weighted by Crippen LogP contribution is 2.35. The molecule has 1 aromatic heterocycles. The van der Waals surface area contributed by atoms with Gasteiger partial charge in [-0.25, -0.2) is 0 Å². The van der Waals surface area contributed by atoms with E-state index in [1.807, 2.05) is 13.0 Å². The van der Waals surface area contributed by atoms with Gasteiger partial charge < -0.3 is 9.64 Å². The molecule has 1 atom stereocenters. The van der Waals surface area contributed by atoms with Crippen LogP contribution >= 0.6 is 11.6 Å². The Labute approximate surface area is 129 Å². The van der Waals surface area contributed by atoms with Crippen LogP contribution in [0.5, 0.6) is 6.01 Å². The minimum atomic E-state index is 0.152. The molecule has 1 aliphatic rings. The van der Waals surface area contributed by atoms with Gasteiger partial charge in [0.05, 0.1) is 6.61 Å². The fourth-order valence-corrected chi connectivity index (χ4v) is 2.76. The average molecular weight is 305 g/mol. The highest BCUT2D eigenvalue weighted by atomic mass is 35.5. The largest absolute Gasteiger partial charge is 0.464 e. The molecule has 3 rings (SSSR count). The van der Waals surface area contributed by atoms with Crippen molar-refractivity contribution < 1.29 is 4.74 Å². The summed E-state index contributed by atoms with van der Waals surface area (Å²) in [4.78, 5) is 14.8. The molecule has 1 aliphatic heterocycles. The van der Waals surface area contributed by atoms with Crippen LogP contribution in [0.15, 0.2) is 24.3 Å². The molecule has 0 fully saturated rings. The Bertz CT molecular complexity index is 649. The van der Waals surface area contributed by atoms with E-state index in [2.05, 4.69) is 45.0 Å². The normalized spacial score (nSPS) is 17.5. The molecule has 1 unspecified atom stereocenters. The Hall–Kier alpha value is -1.88. The van der Waals surface area contributed by atoms with Gasteiger partial charge in [0.15, 0.2) is 0 Å². The van der Waals surface area contributed by atoms with Crippen molar-refractivity contribution >= 4 is 23.2 Å². The van der Waals surface area contributed by atoms with Crippen LogP contribution < -0.4 is 9.64 Å². The quantitative estimate of drug-likeness (QED) is 0.870. The maximum absolute atomic E-state index is 6.01. The zero-order valence-corrected chi connectivity index (χ0v) is 12.8. The number of halogens is 1. The first-order valence-electron chi connectivity index (χ1n) is 7.10. The minimum Gasteiger partial charge on any atom is -0.464 e. The predicted octanol–water partition coefficient (Wildman–Crippen LogP) is 3.40. The van der Waals surface area contributed by atoms with E-state index in [-0.39, 0.29) is 11.3 Å². The van der Waals surface area contributed by atoms with Crippen LogP contribution in [0.25, 0.3) is 0 Å². The van der Waals surface area contributed by atoms with Gasteiger partial charge in [-0.3, -0.25) is 0 Å². The molecule has 110 valence electrons. The summed E-state index contributed by atoms with van der Waals surface area (Å²) in [6, 6.07) is 8.87. The molecular formula is C15H17ClN4O. The maximum atomic E-state index is 6.01. The molecule has 21 heavy (non-hydrogen) atoms. The predicted molar refractivity (Wildman–Crippen MR) is 82.4 cm³/mol. The third-order valence-electron chi connectivity index (χ3n) is 3.59. The SMILES string of the molecule is CCOc1nc(Cl)nc(N2c3ccccc3CCC2C)n1. The number of benzene rings is 1. The number of hydrogen-bond donors (Lipinski definition) is 0. The van der Waals surface area contributed by atoms with E-state index >= 15 is 0 Å². The zero-order valence-electron chi connectivity index (χ0n) is 12.1. The average Bonchev–Trinajstić information content (AvgIpc) is 2.47. The molecular weight excluding hydrogens is 288 g/mol. The van der Waals surface area contributed by atoms with Crippen LogP contribution in [-0.4, -0.2) is 27.6 Å². The van der Waals surface area contributed by atoms with Crippen molar-refractivity contribution in [1.29, 1.82) is 0 Å². The number of ether oxygens (including phenoxy) is 1. The van der Waals surface area contributed by atoms with Gasteiger partial charge in [-0.15, -0.1) is 0 Å². The topological polar surface area (TPSA) is 51.1 Å². The van der Waals surface area contributed by atoms with E-state index in [0.717, 1.165) is 18.5 Å². The van der Waals surface area contributed by atoms with Gasteiger partial charge in [0, 0.05) is 11.7 Å². The number of rotatable bonds is 3. The highest BCUT2D eigenvalue weighted by Gasteiger charge is 2.27. The monoisotopic (exact) mass is 304 g/mol. The number of aryl methyl sites for hydroxylation is 1. The fraction of sp³-hybridized carbons (Fsp3) is 0.400. The van der Waals surface area contributed by atoms with Gasteiger partial charge in [0.2, 0.25) is 11.2 Å². The molecule has 0 saturated carbocycles. The van der Waals surface area contributed by atoms with Crippen LogP contribution in [0.4, 0.5) is 11.6 Å². The summed E-state index contributed by atoms with van der Waals surface area (Å²) in [5.74, 6) is 0.540.